The van der Waals surface area contributed by atoms with Gasteiger partial charge in [-0.1, -0.05) is 15.9 Å². The van der Waals surface area contributed by atoms with Gasteiger partial charge in [-0.3, -0.25) is 0 Å². The van der Waals surface area contributed by atoms with Crippen LogP contribution in [0.2, 0.25) is 0 Å². The molecular formula is C9H8BrFO2. The number of phenolic OH excluding ortho intramolecular Hbond substituents is 1. The molecule has 1 aromatic rings. The summed E-state index contributed by atoms with van der Waals surface area (Å²) in [7, 11) is 0. The van der Waals surface area contributed by atoms with E-state index >= 15 is 0 Å². The molecule has 1 N–H and O–H groups in total. The van der Waals surface area contributed by atoms with Crippen molar-refractivity contribution in [3.05, 3.63) is 36.4 Å². The van der Waals surface area contributed by atoms with Crippen LogP contribution >= 0.6 is 15.9 Å². The first-order valence-electron chi connectivity index (χ1n) is 3.60. The molecule has 1 aromatic carbocycles. The monoisotopic (exact) mass is 246 g/mol. The minimum atomic E-state index is -0.444. The molecule has 0 spiro atoms. The summed E-state index contributed by atoms with van der Waals surface area (Å²) in [5.41, 5.74) is 0. The zero-order chi connectivity index (χ0) is 9.68. The van der Waals surface area contributed by atoms with E-state index in [0.717, 1.165) is 12.1 Å². The van der Waals surface area contributed by atoms with Crippen LogP contribution in [0.15, 0.2) is 30.5 Å². The number of hydrogen-bond acceptors (Lipinski definition) is 2. The Labute approximate surface area is 83.8 Å². The molecule has 0 radical (unpaired) electrons. The van der Waals surface area contributed by atoms with Gasteiger partial charge in [0.05, 0.1) is 6.26 Å². The van der Waals surface area contributed by atoms with Crippen molar-refractivity contribution in [3.8, 4) is 11.5 Å². The second-order valence-electron chi connectivity index (χ2n) is 2.26. The van der Waals surface area contributed by atoms with E-state index in [1.807, 2.05) is 0 Å². The third kappa shape index (κ3) is 3.06. The summed E-state index contributed by atoms with van der Waals surface area (Å²) in [5.74, 6) is -0.419. The van der Waals surface area contributed by atoms with E-state index in [9.17, 15) is 9.50 Å². The van der Waals surface area contributed by atoms with Crippen molar-refractivity contribution in [1.29, 1.82) is 0 Å². The Morgan fingerprint density at radius 1 is 1.54 bits per heavy atom. The van der Waals surface area contributed by atoms with Gasteiger partial charge in [0, 0.05) is 11.4 Å². The van der Waals surface area contributed by atoms with E-state index in [2.05, 4.69) is 15.9 Å². The summed E-state index contributed by atoms with van der Waals surface area (Å²) in [6.07, 6.45) is 3.06. The van der Waals surface area contributed by atoms with Crippen molar-refractivity contribution in [2.75, 3.05) is 5.33 Å². The lowest BCUT2D eigenvalue weighted by Crippen LogP contribution is -1.84. The van der Waals surface area contributed by atoms with Crippen LogP contribution in [-0.4, -0.2) is 10.4 Å². The van der Waals surface area contributed by atoms with Crippen molar-refractivity contribution in [3.63, 3.8) is 0 Å². The van der Waals surface area contributed by atoms with Crippen LogP contribution in [0.4, 0.5) is 4.39 Å². The van der Waals surface area contributed by atoms with Crippen LogP contribution in [0.1, 0.15) is 0 Å². The van der Waals surface area contributed by atoms with E-state index in [1.54, 1.807) is 6.08 Å². The van der Waals surface area contributed by atoms with Crippen LogP contribution in [0.25, 0.3) is 0 Å². The van der Waals surface area contributed by atoms with Crippen molar-refractivity contribution < 1.29 is 14.2 Å². The highest BCUT2D eigenvalue weighted by molar-refractivity contribution is 9.09. The van der Waals surface area contributed by atoms with E-state index in [4.69, 9.17) is 4.74 Å². The Bertz CT molecular complexity index is 312. The molecule has 0 amide bonds. The smallest absolute Gasteiger partial charge is 0.171 e. The maximum atomic E-state index is 12.6. The fraction of sp³-hybridized carbons (Fsp3) is 0.111. The molecule has 0 heterocycles. The lowest BCUT2D eigenvalue weighted by molar-refractivity contribution is 0.406. The first-order valence-corrected chi connectivity index (χ1v) is 4.72. The molecule has 13 heavy (non-hydrogen) atoms. The topological polar surface area (TPSA) is 29.5 Å². The van der Waals surface area contributed by atoms with E-state index in [1.165, 1.54) is 12.3 Å². The van der Waals surface area contributed by atoms with E-state index < -0.39 is 5.82 Å². The second-order valence-corrected chi connectivity index (χ2v) is 2.90. The fourth-order valence-corrected chi connectivity index (χ4v) is 0.893. The van der Waals surface area contributed by atoms with Crippen LogP contribution in [0.3, 0.4) is 0 Å². The van der Waals surface area contributed by atoms with Gasteiger partial charge in [0.1, 0.15) is 5.82 Å². The fourth-order valence-electron chi connectivity index (χ4n) is 0.740. The number of alkyl halides is 1. The normalized spacial score (nSPS) is 10.6. The molecule has 0 aliphatic rings. The van der Waals surface area contributed by atoms with Gasteiger partial charge in [-0.15, -0.1) is 0 Å². The lowest BCUT2D eigenvalue weighted by atomic mass is 10.3. The Kier molecular flexibility index (Phi) is 3.76. The molecule has 0 unspecified atom stereocenters. The summed E-state index contributed by atoms with van der Waals surface area (Å²) < 4.78 is 17.6. The van der Waals surface area contributed by atoms with Gasteiger partial charge in [-0.25, -0.2) is 4.39 Å². The zero-order valence-corrected chi connectivity index (χ0v) is 8.29. The molecule has 0 saturated carbocycles. The highest BCUT2D eigenvalue weighted by Crippen LogP contribution is 2.26. The molecule has 0 aliphatic heterocycles. The van der Waals surface area contributed by atoms with E-state index in [-0.39, 0.29) is 11.5 Å². The predicted octanol–water partition coefficient (Wildman–Crippen LogP) is 2.82. The standard InChI is InChI=1S/C9H8BrFO2/c10-4-1-5-13-9-6-7(11)2-3-8(9)12/h1-3,5-6,12H,4H2/b5-1+. The second kappa shape index (κ2) is 4.87. The summed E-state index contributed by atoms with van der Waals surface area (Å²) in [4.78, 5) is 0. The van der Waals surface area contributed by atoms with Gasteiger partial charge < -0.3 is 9.84 Å². The molecule has 70 valence electrons. The van der Waals surface area contributed by atoms with Crippen molar-refractivity contribution in [2.45, 2.75) is 0 Å². The van der Waals surface area contributed by atoms with Crippen molar-refractivity contribution in [2.24, 2.45) is 0 Å². The summed E-state index contributed by atoms with van der Waals surface area (Å²) in [6, 6.07) is 3.52. The van der Waals surface area contributed by atoms with Gasteiger partial charge in [0.25, 0.3) is 0 Å². The Balaban J connectivity index is 2.75. The third-order valence-corrected chi connectivity index (χ3v) is 1.68. The maximum absolute atomic E-state index is 12.6. The zero-order valence-electron chi connectivity index (χ0n) is 6.71. The van der Waals surface area contributed by atoms with Gasteiger partial charge in [0.15, 0.2) is 11.5 Å². The molecule has 0 bridgehead atoms. The molecule has 0 aliphatic carbocycles. The molecule has 0 saturated heterocycles. The number of halogens is 2. The van der Waals surface area contributed by atoms with E-state index in [0.29, 0.717) is 5.33 Å². The van der Waals surface area contributed by atoms with Crippen LogP contribution in [0, 0.1) is 5.82 Å². The number of phenols is 1. The number of benzene rings is 1. The Hall–Kier alpha value is -1.03. The summed E-state index contributed by atoms with van der Waals surface area (Å²) in [5, 5.41) is 9.84. The predicted molar refractivity (Wildman–Crippen MR) is 51.6 cm³/mol. The highest BCUT2D eigenvalue weighted by Gasteiger charge is 2.01. The first kappa shape index (κ1) is 10.1. The summed E-state index contributed by atoms with van der Waals surface area (Å²) >= 11 is 3.15. The quantitative estimate of drug-likeness (QED) is 0.657. The number of hydrogen-bond donors (Lipinski definition) is 1. The highest BCUT2D eigenvalue weighted by atomic mass is 79.9. The van der Waals surface area contributed by atoms with Gasteiger partial charge in [-0.2, -0.15) is 0 Å². The molecule has 1 rings (SSSR count). The number of aromatic hydroxyl groups is 1. The Morgan fingerprint density at radius 2 is 2.31 bits per heavy atom. The van der Waals surface area contributed by atoms with Gasteiger partial charge >= 0.3 is 0 Å². The van der Waals surface area contributed by atoms with Gasteiger partial charge in [0.2, 0.25) is 0 Å². The largest absolute Gasteiger partial charge is 0.504 e. The van der Waals surface area contributed by atoms with Crippen LogP contribution in [0.5, 0.6) is 11.5 Å². The Morgan fingerprint density at radius 3 is 3.00 bits per heavy atom. The summed E-state index contributed by atoms with van der Waals surface area (Å²) in [6.45, 7) is 0. The average molecular weight is 247 g/mol. The number of rotatable bonds is 3. The minimum absolute atomic E-state index is 0.0828. The number of ether oxygens (including phenoxy) is 1. The average Bonchev–Trinajstić information content (AvgIpc) is 2.11. The van der Waals surface area contributed by atoms with Crippen LogP contribution < -0.4 is 4.74 Å². The molecule has 0 fully saturated rings. The third-order valence-electron chi connectivity index (χ3n) is 1.30. The molecule has 0 aromatic heterocycles. The SMILES string of the molecule is Oc1ccc(F)cc1O/C=C/CBr. The minimum Gasteiger partial charge on any atom is -0.504 e. The van der Waals surface area contributed by atoms with Crippen molar-refractivity contribution >= 4 is 15.9 Å². The molecule has 0 atom stereocenters. The van der Waals surface area contributed by atoms with Crippen LogP contribution in [-0.2, 0) is 0 Å². The van der Waals surface area contributed by atoms with Crippen molar-refractivity contribution in [1.82, 2.24) is 0 Å². The first-order chi connectivity index (χ1) is 6.24. The molecule has 2 nitrogen and oxygen atoms in total. The number of allylic oxidation sites excluding steroid dienone is 1. The lowest BCUT2D eigenvalue weighted by Gasteiger charge is -2.02. The van der Waals surface area contributed by atoms with Gasteiger partial charge in [-0.05, 0) is 18.2 Å². The maximum Gasteiger partial charge on any atom is 0.171 e. The molecular weight excluding hydrogens is 239 g/mol. The molecule has 4 heteroatoms.